The largest absolute Gasteiger partial charge is 0.490 e. The molecule has 0 aliphatic carbocycles. The fourth-order valence-corrected chi connectivity index (χ4v) is 1.87. The van der Waals surface area contributed by atoms with Crippen LogP contribution in [0.5, 0.6) is 5.75 Å². The predicted octanol–water partition coefficient (Wildman–Crippen LogP) is 1.68. The molecule has 0 radical (unpaired) electrons. The molecular weight excluding hydrogens is 310 g/mol. The number of ether oxygens (including phenoxy) is 2. The van der Waals surface area contributed by atoms with E-state index in [0.29, 0.717) is 12.4 Å². The Kier molecular flexibility index (Phi) is 7.26. The van der Waals surface area contributed by atoms with Crippen molar-refractivity contribution in [2.45, 2.75) is 38.8 Å². The van der Waals surface area contributed by atoms with Gasteiger partial charge in [-0.05, 0) is 38.5 Å². The Morgan fingerprint density at radius 1 is 1.29 bits per heavy atom. The number of nitrogens with one attached hydrogen (secondary N) is 2. The number of nitrogens with two attached hydrogens (primary N) is 1. The fraction of sp³-hybridized carbons (Fsp3) is 0.412. The third-order valence-electron chi connectivity index (χ3n) is 2.88. The first-order valence-electron chi connectivity index (χ1n) is 7.57. The third kappa shape index (κ3) is 7.15. The van der Waals surface area contributed by atoms with Crippen molar-refractivity contribution in [2.75, 3.05) is 6.61 Å². The highest BCUT2D eigenvalue weighted by atomic mass is 16.6. The number of amides is 2. The van der Waals surface area contributed by atoms with Gasteiger partial charge in [-0.15, -0.1) is 0 Å². The molecule has 7 heteroatoms. The molecule has 0 fully saturated rings. The molecule has 0 saturated carbocycles. The highest BCUT2D eigenvalue weighted by Crippen LogP contribution is 2.14. The van der Waals surface area contributed by atoms with Crippen LogP contribution in [0.3, 0.4) is 0 Å². The first-order valence-corrected chi connectivity index (χ1v) is 7.57. The average molecular weight is 335 g/mol. The molecule has 0 aromatic heterocycles. The average Bonchev–Trinajstić information content (AvgIpc) is 2.51. The SMILES string of the molecule is C=CCOc1ccc(CC(NC(=O)OC(C)(C)C)C(=O)NN)cc1. The number of hydrogen-bond acceptors (Lipinski definition) is 5. The van der Waals surface area contributed by atoms with Crippen molar-refractivity contribution in [3.05, 3.63) is 42.5 Å². The Morgan fingerprint density at radius 2 is 1.92 bits per heavy atom. The lowest BCUT2D eigenvalue weighted by Crippen LogP contribution is -2.51. The van der Waals surface area contributed by atoms with Gasteiger partial charge in [0.15, 0.2) is 0 Å². The van der Waals surface area contributed by atoms with Crippen molar-refractivity contribution < 1.29 is 19.1 Å². The monoisotopic (exact) mass is 335 g/mol. The van der Waals surface area contributed by atoms with Crippen LogP contribution in [0.25, 0.3) is 0 Å². The van der Waals surface area contributed by atoms with Gasteiger partial charge in [0.2, 0.25) is 0 Å². The van der Waals surface area contributed by atoms with Gasteiger partial charge in [-0.1, -0.05) is 24.8 Å². The summed E-state index contributed by atoms with van der Waals surface area (Å²) in [5, 5.41) is 2.52. The van der Waals surface area contributed by atoms with Gasteiger partial charge in [-0.3, -0.25) is 10.2 Å². The van der Waals surface area contributed by atoms with Crippen LogP contribution in [0, 0.1) is 0 Å². The number of hydrazine groups is 1. The van der Waals surface area contributed by atoms with Crippen LogP contribution in [0.4, 0.5) is 4.79 Å². The lowest BCUT2D eigenvalue weighted by molar-refractivity contribution is -0.123. The zero-order valence-electron chi connectivity index (χ0n) is 14.3. The molecule has 1 aromatic rings. The van der Waals surface area contributed by atoms with E-state index >= 15 is 0 Å². The fourth-order valence-electron chi connectivity index (χ4n) is 1.87. The molecule has 24 heavy (non-hydrogen) atoms. The molecule has 1 unspecified atom stereocenters. The normalized spacial score (nSPS) is 12.0. The molecular formula is C17H25N3O4. The zero-order valence-corrected chi connectivity index (χ0v) is 14.3. The molecule has 0 aliphatic rings. The van der Waals surface area contributed by atoms with Gasteiger partial charge in [0.25, 0.3) is 5.91 Å². The number of alkyl carbamates (subject to hydrolysis) is 1. The van der Waals surface area contributed by atoms with E-state index in [0.717, 1.165) is 5.56 Å². The van der Waals surface area contributed by atoms with Crippen LogP contribution < -0.4 is 21.3 Å². The van der Waals surface area contributed by atoms with Crippen LogP contribution in [0.2, 0.25) is 0 Å². The Hall–Kier alpha value is -2.54. The Balaban J connectivity index is 2.73. The van der Waals surface area contributed by atoms with E-state index in [9.17, 15) is 9.59 Å². The second-order valence-corrected chi connectivity index (χ2v) is 6.16. The van der Waals surface area contributed by atoms with E-state index < -0.39 is 23.6 Å². The molecule has 0 aliphatic heterocycles. The van der Waals surface area contributed by atoms with Gasteiger partial charge in [-0.2, -0.15) is 0 Å². The molecule has 132 valence electrons. The van der Waals surface area contributed by atoms with E-state index in [2.05, 4.69) is 11.9 Å². The molecule has 4 N–H and O–H groups in total. The topological polar surface area (TPSA) is 103 Å². The second-order valence-electron chi connectivity index (χ2n) is 6.16. The van der Waals surface area contributed by atoms with Crippen LogP contribution in [0.15, 0.2) is 36.9 Å². The maximum Gasteiger partial charge on any atom is 0.408 e. The summed E-state index contributed by atoms with van der Waals surface area (Å²) in [6.45, 7) is 9.22. The Labute approximate surface area is 142 Å². The van der Waals surface area contributed by atoms with Gasteiger partial charge in [0, 0.05) is 6.42 Å². The first kappa shape index (κ1) is 19.5. The summed E-state index contributed by atoms with van der Waals surface area (Å²) < 4.78 is 10.6. The Bertz CT molecular complexity index is 564. The summed E-state index contributed by atoms with van der Waals surface area (Å²) in [6.07, 6.45) is 1.24. The minimum atomic E-state index is -0.843. The highest BCUT2D eigenvalue weighted by Gasteiger charge is 2.24. The zero-order chi connectivity index (χ0) is 18.2. The van der Waals surface area contributed by atoms with Crippen LogP contribution in [-0.2, 0) is 16.0 Å². The number of rotatable bonds is 7. The van der Waals surface area contributed by atoms with Crippen molar-refractivity contribution in [1.29, 1.82) is 0 Å². The smallest absolute Gasteiger partial charge is 0.408 e. The summed E-state index contributed by atoms with van der Waals surface area (Å²) in [4.78, 5) is 23.8. The molecule has 2 amide bonds. The molecule has 1 aromatic carbocycles. The number of carbonyl (C=O) groups excluding carboxylic acids is 2. The molecule has 0 bridgehead atoms. The summed E-state index contributed by atoms with van der Waals surface area (Å²) >= 11 is 0. The minimum absolute atomic E-state index is 0.268. The van der Waals surface area contributed by atoms with Crippen molar-refractivity contribution in [1.82, 2.24) is 10.7 Å². The minimum Gasteiger partial charge on any atom is -0.490 e. The third-order valence-corrected chi connectivity index (χ3v) is 2.88. The maximum absolute atomic E-state index is 11.9. The number of hydrogen-bond donors (Lipinski definition) is 3. The van der Waals surface area contributed by atoms with Crippen molar-refractivity contribution >= 4 is 12.0 Å². The summed E-state index contributed by atoms with van der Waals surface area (Å²) in [5.41, 5.74) is 2.23. The first-order chi connectivity index (χ1) is 11.2. The second kappa shape index (κ2) is 8.93. The van der Waals surface area contributed by atoms with E-state index in [1.54, 1.807) is 39.0 Å². The Morgan fingerprint density at radius 3 is 2.42 bits per heavy atom. The van der Waals surface area contributed by atoms with E-state index in [1.807, 2.05) is 17.6 Å². The van der Waals surface area contributed by atoms with Gasteiger partial charge in [-0.25, -0.2) is 10.6 Å². The molecule has 1 atom stereocenters. The highest BCUT2D eigenvalue weighted by molar-refractivity contribution is 5.85. The molecule has 0 heterocycles. The molecule has 7 nitrogen and oxygen atoms in total. The van der Waals surface area contributed by atoms with E-state index in [-0.39, 0.29) is 6.42 Å². The van der Waals surface area contributed by atoms with E-state index in [1.165, 1.54) is 0 Å². The number of benzene rings is 1. The summed E-state index contributed by atoms with van der Waals surface area (Å²) in [6, 6.07) is 6.34. The summed E-state index contributed by atoms with van der Waals surface area (Å²) in [7, 11) is 0. The van der Waals surface area contributed by atoms with Crippen molar-refractivity contribution in [2.24, 2.45) is 5.84 Å². The van der Waals surface area contributed by atoms with Crippen molar-refractivity contribution in [3.8, 4) is 5.75 Å². The summed E-state index contributed by atoms with van der Waals surface area (Å²) in [5.74, 6) is 5.37. The lowest BCUT2D eigenvalue weighted by atomic mass is 10.1. The predicted molar refractivity (Wildman–Crippen MR) is 91.3 cm³/mol. The molecule has 1 rings (SSSR count). The standard InChI is InChI=1S/C17H25N3O4/c1-5-10-23-13-8-6-12(7-9-13)11-14(15(21)20-18)19-16(22)24-17(2,3)4/h5-9,14H,1,10-11,18H2,2-4H3,(H,19,22)(H,20,21). The van der Waals surface area contributed by atoms with E-state index in [4.69, 9.17) is 15.3 Å². The quantitative estimate of drug-likeness (QED) is 0.304. The van der Waals surface area contributed by atoms with Gasteiger partial charge >= 0.3 is 6.09 Å². The van der Waals surface area contributed by atoms with Gasteiger partial charge in [0.05, 0.1) is 0 Å². The lowest BCUT2D eigenvalue weighted by Gasteiger charge is -2.23. The van der Waals surface area contributed by atoms with Crippen LogP contribution >= 0.6 is 0 Å². The molecule has 0 saturated heterocycles. The van der Waals surface area contributed by atoms with Crippen LogP contribution in [0.1, 0.15) is 26.3 Å². The number of carbonyl (C=O) groups is 2. The van der Waals surface area contributed by atoms with Gasteiger partial charge in [0.1, 0.15) is 24.0 Å². The maximum atomic E-state index is 11.9. The van der Waals surface area contributed by atoms with Gasteiger partial charge < -0.3 is 14.8 Å². The van der Waals surface area contributed by atoms with Crippen LogP contribution in [-0.4, -0.2) is 30.3 Å². The molecule has 0 spiro atoms. The van der Waals surface area contributed by atoms with Crippen molar-refractivity contribution in [3.63, 3.8) is 0 Å².